The molecule has 0 heterocycles. The fraction of sp³-hybridized carbons (Fsp3) is 0.143. The number of nitrogens with two attached hydrogens (primary N) is 1. The third-order valence-corrected chi connectivity index (χ3v) is 2.64. The number of anilines is 1. The number of hydrogen-bond donors (Lipinski definition) is 1. The summed E-state index contributed by atoms with van der Waals surface area (Å²) in [6.07, 6.45) is -4.54. The predicted octanol–water partition coefficient (Wildman–Crippen LogP) is 4.53. The molecule has 0 spiro atoms. The van der Waals surface area contributed by atoms with E-state index in [-0.39, 0.29) is 17.2 Å². The molecule has 2 aromatic carbocycles. The molecule has 2 aromatic rings. The Morgan fingerprint density at radius 3 is 2.45 bits per heavy atom. The average molecular weight is 285 g/mol. The molecule has 2 N–H and O–H groups in total. The molecule has 0 aliphatic heterocycles. The molecule has 0 aliphatic carbocycles. The summed E-state index contributed by atoms with van der Waals surface area (Å²) in [7, 11) is 0. The van der Waals surface area contributed by atoms with E-state index in [1.807, 2.05) is 0 Å². The molecule has 0 aromatic heterocycles. The molecule has 0 amide bonds. The summed E-state index contributed by atoms with van der Waals surface area (Å²) in [4.78, 5) is 0. The number of hydrogen-bond acceptors (Lipinski definition) is 2. The fourth-order valence-corrected chi connectivity index (χ4v) is 1.67. The Labute approximate surface area is 112 Å². The summed E-state index contributed by atoms with van der Waals surface area (Å²) in [6, 6.07) is 7.18. The van der Waals surface area contributed by atoms with Crippen molar-refractivity contribution in [3.05, 3.63) is 53.3 Å². The Bertz CT molecular complexity index is 638. The summed E-state index contributed by atoms with van der Waals surface area (Å²) in [5.74, 6) is -0.936. The SMILES string of the molecule is Cc1cccc(Oc2cc(N)cc(C(F)(F)F)c2)c1F. The van der Waals surface area contributed by atoms with Crippen molar-refractivity contribution in [3.63, 3.8) is 0 Å². The van der Waals surface area contributed by atoms with Crippen LogP contribution < -0.4 is 10.5 Å². The smallest absolute Gasteiger partial charge is 0.416 e. The van der Waals surface area contributed by atoms with Crippen LogP contribution in [0.3, 0.4) is 0 Å². The lowest BCUT2D eigenvalue weighted by atomic mass is 10.2. The lowest BCUT2D eigenvalue weighted by molar-refractivity contribution is -0.137. The number of rotatable bonds is 2. The van der Waals surface area contributed by atoms with Crippen molar-refractivity contribution in [1.82, 2.24) is 0 Å². The van der Waals surface area contributed by atoms with Crippen LogP contribution in [0.25, 0.3) is 0 Å². The largest absolute Gasteiger partial charge is 0.454 e. The summed E-state index contributed by atoms with van der Waals surface area (Å²) in [5.41, 5.74) is 4.69. The van der Waals surface area contributed by atoms with Crippen molar-refractivity contribution in [2.24, 2.45) is 0 Å². The standard InChI is InChI=1S/C14H11F4NO/c1-8-3-2-4-12(13(8)15)20-11-6-9(14(16,17)18)5-10(19)7-11/h2-7H,19H2,1H3. The molecule has 0 bridgehead atoms. The number of aryl methyl sites for hydroxylation is 1. The highest BCUT2D eigenvalue weighted by Crippen LogP contribution is 2.35. The highest BCUT2D eigenvalue weighted by atomic mass is 19.4. The summed E-state index contributed by atoms with van der Waals surface area (Å²) >= 11 is 0. The van der Waals surface area contributed by atoms with Crippen LogP contribution in [0.5, 0.6) is 11.5 Å². The van der Waals surface area contributed by atoms with Gasteiger partial charge in [-0.05, 0) is 30.7 Å². The van der Waals surface area contributed by atoms with Gasteiger partial charge in [-0.2, -0.15) is 13.2 Å². The maximum atomic E-state index is 13.7. The van der Waals surface area contributed by atoms with Gasteiger partial charge in [0.2, 0.25) is 0 Å². The second kappa shape index (κ2) is 5.03. The van der Waals surface area contributed by atoms with Crippen LogP contribution in [0.1, 0.15) is 11.1 Å². The number of alkyl halides is 3. The molecule has 0 saturated heterocycles. The molecular formula is C14H11F4NO. The van der Waals surface area contributed by atoms with Gasteiger partial charge in [0.05, 0.1) is 5.56 Å². The van der Waals surface area contributed by atoms with E-state index in [0.717, 1.165) is 12.1 Å². The Morgan fingerprint density at radius 1 is 1.10 bits per heavy atom. The number of benzene rings is 2. The van der Waals surface area contributed by atoms with Crippen LogP contribution in [0, 0.1) is 12.7 Å². The van der Waals surface area contributed by atoms with Gasteiger partial charge in [-0.15, -0.1) is 0 Å². The first-order chi connectivity index (χ1) is 9.27. The molecule has 0 radical (unpaired) electrons. The first-order valence-corrected chi connectivity index (χ1v) is 5.68. The van der Waals surface area contributed by atoms with E-state index < -0.39 is 17.6 Å². The minimum Gasteiger partial charge on any atom is -0.454 e. The van der Waals surface area contributed by atoms with Gasteiger partial charge in [-0.3, -0.25) is 0 Å². The lowest BCUT2D eigenvalue weighted by Crippen LogP contribution is -2.06. The Balaban J connectivity index is 2.39. The molecule has 0 unspecified atom stereocenters. The van der Waals surface area contributed by atoms with Crippen LogP contribution in [0.4, 0.5) is 23.2 Å². The van der Waals surface area contributed by atoms with Gasteiger partial charge in [-0.25, -0.2) is 4.39 Å². The normalized spacial score (nSPS) is 11.4. The van der Waals surface area contributed by atoms with Gasteiger partial charge in [0.1, 0.15) is 5.75 Å². The quantitative estimate of drug-likeness (QED) is 0.650. The van der Waals surface area contributed by atoms with E-state index >= 15 is 0 Å². The topological polar surface area (TPSA) is 35.2 Å². The minimum atomic E-state index is -4.54. The number of ether oxygens (including phenoxy) is 1. The van der Waals surface area contributed by atoms with E-state index in [1.54, 1.807) is 6.07 Å². The molecule has 2 nitrogen and oxygen atoms in total. The predicted molar refractivity (Wildman–Crippen MR) is 67.1 cm³/mol. The molecular weight excluding hydrogens is 274 g/mol. The van der Waals surface area contributed by atoms with Crippen molar-refractivity contribution in [2.45, 2.75) is 13.1 Å². The van der Waals surface area contributed by atoms with Crippen LogP contribution in [-0.4, -0.2) is 0 Å². The monoisotopic (exact) mass is 285 g/mol. The van der Waals surface area contributed by atoms with Crippen LogP contribution in [-0.2, 0) is 6.18 Å². The Kier molecular flexibility index (Phi) is 3.57. The van der Waals surface area contributed by atoms with E-state index in [0.29, 0.717) is 5.56 Å². The van der Waals surface area contributed by atoms with Crippen molar-refractivity contribution in [2.75, 3.05) is 5.73 Å². The van der Waals surface area contributed by atoms with Crippen molar-refractivity contribution < 1.29 is 22.3 Å². The van der Waals surface area contributed by atoms with E-state index in [2.05, 4.69) is 0 Å². The van der Waals surface area contributed by atoms with E-state index in [4.69, 9.17) is 10.5 Å². The molecule has 20 heavy (non-hydrogen) atoms. The molecule has 106 valence electrons. The maximum Gasteiger partial charge on any atom is 0.416 e. The zero-order chi connectivity index (χ0) is 14.9. The summed E-state index contributed by atoms with van der Waals surface area (Å²) < 4.78 is 56.8. The average Bonchev–Trinajstić information content (AvgIpc) is 2.33. The molecule has 0 fully saturated rings. The fourth-order valence-electron chi connectivity index (χ4n) is 1.67. The zero-order valence-electron chi connectivity index (χ0n) is 10.5. The Morgan fingerprint density at radius 2 is 1.80 bits per heavy atom. The van der Waals surface area contributed by atoms with Crippen LogP contribution in [0.2, 0.25) is 0 Å². The highest BCUT2D eigenvalue weighted by Gasteiger charge is 2.31. The van der Waals surface area contributed by atoms with E-state index in [9.17, 15) is 17.6 Å². The van der Waals surface area contributed by atoms with Gasteiger partial charge >= 0.3 is 6.18 Å². The molecule has 0 saturated carbocycles. The summed E-state index contributed by atoms with van der Waals surface area (Å²) in [5, 5.41) is 0. The maximum absolute atomic E-state index is 13.7. The van der Waals surface area contributed by atoms with Crippen LogP contribution in [0.15, 0.2) is 36.4 Å². The molecule has 0 atom stereocenters. The van der Waals surface area contributed by atoms with Crippen molar-refractivity contribution >= 4 is 5.69 Å². The molecule has 0 aliphatic rings. The third kappa shape index (κ3) is 3.01. The Hall–Kier alpha value is -2.24. The van der Waals surface area contributed by atoms with Crippen molar-refractivity contribution in [1.29, 1.82) is 0 Å². The highest BCUT2D eigenvalue weighted by molar-refractivity contribution is 5.49. The van der Waals surface area contributed by atoms with Crippen molar-refractivity contribution in [3.8, 4) is 11.5 Å². The lowest BCUT2D eigenvalue weighted by Gasteiger charge is -2.12. The van der Waals surface area contributed by atoms with E-state index in [1.165, 1.54) is 25.1 Å². The summed E-state index contributed by atoms with van der Waals surface area (Å²) in [6.45, 7) is 1.53. The van der Waals surface area contributed by atoms with Gasteiger partial charge < -0.3 is 10.5 Å². The second-order valence-corrected chi connectivity index (χ2v) is 4.28. The van der Waals surface area contributed by atoms with Crippen LogP contribution >= 0.6 is 0 Å². The number of nitrogen functional groups attached to an aromatic ring is 1. The van der Waals surface area contributed by atoms with Gasteiger partial charge in [0, 0.05) is 11.8 Å². The zero-order valence-corrected chi connectivity index (χ0v) is 10.5. The van der Waals surface area contributed by atoms with Gasteiger partial charge in [0.25, 0.3) is 0 Å². The van der Waals surface area contributed by atoms with Gasteiger partial charge in [0.15, 0.2) is 11.6 Å². The first-order valence-electron chi connectivity index (χ1n) is 5.68. The van der Waals surface area contributed by atoms with Gasteiger partial charge in [-0.1, -0.05) is 12.1 Å². The molecule has 2 rings (SSSR count). The second-order valence-electron chi connectivity index (χ2n) is 4.28. The first kappa shape index (κ1) is 14.2. The molecule has 6 heteroatoms. The third-order valence-electron chi connectivity index (χ3n) is 2.64. The minimum absolute atomic E-state index is 0.108. The number of halogens is 4.